The Morgan fingerprint density at radius 2 is 1.36 bits per heavy atom. The van der Waals surface area contributed by atoms with Crippen molar-refractivity contribution in [3.63, 3.8) is 0 Å². The Kier molecular flexibility index (Phi) is 4.57. The lowest BCUT2D eigenvalue weighted by Gasteiger charge is -2.58. The zero-order chi connectivity index (χ0) is 21.2. The van der Waals surface area contributed by atoms with E-state index < -0.39 is 55.5 Å². The van der Waals surface area contributed by atoms with Crippen LogP contribution in [0, 0.1) is 0 Å². The molecule has 3 atom stereocenters. The fourth-order valence-corrected chi connectivity index (χ4v) is 3.37. The van der Waals surface area contributed by atoms with Gasteiger partial charge < -0.3 is 14.0 Å². The number of fused-ring (bicyclic) bond motifs is 2. The molecule has 156 valence electrons. The third-order valence-electron chi connectivity index (χ3n) is 4.78. The summed E-state index contributed by atoms with van der Waals surface area (Å²) in [4.78, 5) is 0. The molecule has 2 heterocycles. The molecule has 0 N–H and O–H groups in total. The molecule has 28 heavy (non-hydrogen) atoms. The first-order valence-corrected chi connectivity index (χ1v) is 7.85. The van der Waals surface area contributed by atoms with Gasteiger partial charge in [0.2, 0.25) is 0 Å². The second-order valence-electron chi connectivity index (χ2n) is 6.91. The Morgan fingerprint density at radius 1 is 0.786 bits per heavy atom. The van der Waals surface area contributed by atoms with Gasteiger partial charge in [-0.1, -0.05) is 30.3 Å². The van der Waals surface area contributed by atoms with E-state index in [0.29, 0.717) is 0 Å². The molecule has 1 aromatic rings. The van der Waals surface area contributed by atoms with Gasteiger partial charge in [0.1, 0.15) is 0 Å². The van der Waals surface area contributed by atoms with Crippen LogP contribution in [0.1, 0.15) is 19.8 Å². The number of hydrogen-bond acceptors (Lipinski definition) is 3. The molecule has 2 saturated heterocycles. The van der Waals surface area contributed by atoms with Crippen LogP contribution in [0.3, 0.4) is 0 Å². The minimum Gasteiger partial charge on any atom is -0.393 e. The summed E-state index contributed by atoms with van der Waals surface area (Å²) < 4.78 is 137. The first-order valence-electron chi connectivity index (χ1n) is 7.85. The highest BCUT2D eigenvalue weighted by Crippen LogP contribution is 2.61. The summed E-state index contributed by atoms with van der Waals surface area (Å²) in [7, 11) is -2.24. The van der Waals surface area contributed by atoms with Crippen LogP contribution < -0.4 is 5.46 Å². The highest BCUT2D eigenvalue weighted by molar-refractivity contribution is 6.61. The maximum Gasteiger partial charge on any atom is 0.496 e. The van der Waals surface area contributed by atoms with E-state index in [1.54, 1.807) is 0 Å². The van der Waals surface area contributed by atoms with E-state index in [2.05, 4.69) is 9.39 Å². The Bertz CT molecular complexity index is 693. The van der Waals surface area contributed by atoms with E-state index in [-0.39, 0.29) is 12.4 Å². The standard InChI is InChI=1S/C15H12BF9O3/c1-10(13(17,18)19)7-11(14(20,21)22)8-12(26-10,15(23,24)25)28-16(27-11)9-5-3-2-4-6-9/h2-6H,7-8H2,1H3. The molecule has 1 aromatic carbocycles. The molecular formula is C15H12BF9O3. The average molecular weight is 422 g/mol. The maximum absolute atomic E-state index is 13.8. The first-order chi connectivity index (χ1) is 12.5. The van der Waals surface area contributed by atoms with Crippen LogP contribution in [0.5, 0.6) is 0 Å². The quantitative estimate of drug-likeness (QED) is 0.504. The first kappa shape index (κ1) is 21.2. The summed E-state index contributed by atoms with van der Waals surface area (Å²) >= 11 is 0. The topological polar surface area (TPSA) is 27.7 Å². The number of halogens is 9. The largest absolute Gasteiger partial charge is 0.496 e. The predicted octanol–water partition coefficient (Wildman–Crippen LogP) is 4.12. The van der Waals surface area contributed by atoms with Gasteiger partial charge in [-0.05, 0) is 12.4 Å². The van der Waals surface area contributed by atoms with Gasteiger partial charge in [0.25, 0.3) is 5.79 Å². The molecule has 13 heteroatoms. The maximum atomic E-state index is 13.8. The number of ether oxygens (including phenoxy) is 1. The Labute approximate surface area is 152 Å². The van der Waals surface area contributed by atoms with Crippen molar-refractivity contribution in [2.24, 2.45) is 0 Å². The van der Waals surface area contributed by atoms with Crippen molar-refractivity contribution >= 4 is 12.6 Å². The highest BCUT2D eigenvalue weighted by atomic mass is 19.4. The van der Waals surface area contributed by atoms with Crippen LogP contribution in [0.4, 0.5) is 39.5 Å². The van der Waals surface area contributed by atoms with Gasteiger partial charge in [-0.2, -0.15) is 39.5 Å². The summed E-state index contributed by atoms with van der Waals surface area (Å²) in [5.41, 5.74) is -7.83. The fraction of sp³-hybridized carbons (Fsp3) is 0.600. The molecule has 0 spiro atoms. The van der Waals surface area contributed by atoms with Crippen molar-refractivity contribution in [2.75, 3.05) is 0 Å². The lowest BCUT2D eigenvalue weighted by Crippen LogP contribution is -2.77. The summed E-state index contributed by atoms with van der Waals surface area (Å²) in [5.74, 6) is -4.16. The molecule has 3 unspecified atom stereocenters. The van der Waals surface area contributed by atoms with Gasteiger partial charge in [-0.15, -0.1) is 0 Å². The van der Waals surface area contributed by atoms with E-state index in [9.17, 15) is 39.5 Å². The van der Waals surface area contributed by atoms with Crippen molar-refractivity contribution in [3.05, 3.63) is 30.3 Å². The lowest BCUT2D eigenvalue weighted by atomic mass is 9.69. The molecule has 0 aliphatic carbocycles. The highest BCUT2D eigenvalue weighted by Gasteiger charge is 2.80. The fourth-order valence-electron chi connectivity index (χ4n) is 3.37. The molecule has 2 fully saturated rings. The van der Waals surface area contributed by atoms with Crippen LogP contribution in [-0.2, 0) is 14.0 Å². The Balaban J connectivity index is 2.20. The van der Waals surface area contributed by atoms with Gasteiger partial charge in [0.05, 0.1) is 0 Å². The Hall–Kier alpha value is -1.47. The van der Waals surface area contributed by atoms with Gasteiger partial charge >= 0.3 is 25.6 Å². The molecule has 0 saturated carbocycles. The van der Waals surface area contributed by atoms with Crippen molar-refractivity contribution in [1.82, 2.24) is 0 Å². The summed E-state index contributed by atoms with van der Waals surface area (Å²) in [6, 6.07) is 6.29. The smallest absolute Gasteiger partial charge is 0.393 e. The van der Waals surface area contributed by atoms with Crippen LogP contribution in [0.2, 0.25) is 0 Å². The summed E-state index contributed by atoms with van der Waals surface area (Å²) in [6.07, 6.45) is -20.7. The van der Waals surface area contributed by atoms with Crippen molar-refractivity contribution in [2.45, 2.75) is 55.3 Å². The Morgan fingerprint density at radius 3 is 1.82 bits per heavy atom. The molecule has 3 rings (SSSR count). The molecular weight excluding hydrogens is 410 g/mol. The molecule has 0 amide bonds. The number of alkyl halides is 9. The predicted molar refractivity (Wildman–Crippen MR) is 76.4 cm³/mol. The molecule has 0 aromatic heterocycles. The lowest BCUT2D eigenvalue weighted by molar-refractivity contribution is -0.477. The number of rotatable bonds is 1. The minimum absolute atomic E-state index is 0.114. The SMILES string of the molecule is CC1(C(F)(F)F)CC2(C(F)(F)F)CC(C(F)(F)F)(OB(c3ccccc3)O2)O1. The van der Waals surface area contributed by atoms with Crippen LogP contribution in [-0.4, -0.2) is 42.6 Å². The van der Waals surface area contributed by atoms with Crippen LogP contribution >= 0.6 is 0 Å². The minimum atomic E-state index is -5.70. The zero-order valence-corrected chi connectivity index (χ0v) is 14.0. The normalized spacial score (nSPS) is 34.4. The van der Waals surface area contributed by atoms with Gasteiger partial charge in [-0.3, -0.25) is 0 Å². The third-order valence-corrected chi connectivity index (χ3v) is 4.78. The summed E-state index contributed by atoms with van der Waals surface area (Å²) in [6.45, 7) is 0.114. The van der Waals surface area contributed by atoms with Crippen molar-refractivity contribution in [3.8, 4) is 0 Å². The van der Waals surface area contributed by atoms with E-state index in [1.165, 1.54) is 18.2 Å². The third kappa shape index (κ3) is 3.16. The molecule has 0 radical (unpaired) electrons. The van der Waals surface area contributed by atoms with E-state index in [0.717, 1.165) is 12.1 Å². The van der Waals surface area contributed by atoms with Gasteiger partial charge in [0, 0.05) is 12.8 Å². The zero-order valence-electron chi connectivity index (χ0n) is 14.0. The molecule has 2 aliphatic heterocycles. The molecule has 2 bridgehead atoms. The van der Waals surface area contributed by atoms with Crippen LogP contribution in [0.25, 0.3) is 0 Å². The van der Waals surface area contributed by atoms with Crippen molar-refractivity contribution in [1.29, 1.82) is 0 Å². The van der Waals surface area contributed by atoms with E-state index in [1.807, 2.05) is 0 Å². The van der Waals surface area contributed by atoms with E-state index in [4.69, 9.17) is 4.65 Å². The van der Waals surface area contributed by atoms with Gasteiger partial charge in [0.15, 0.2) is 11.2 Å². The molecule has 2 aliphatic rings. The van der Waals surface area contributed by atoms with Crippen molar-refractivity contribution < 1.29 is 53.6 Å². The second-order valence-corrected chi connectivity index (χ2v) is 6.91. The van der Waals surface area contributed by atoms with Crippen LogP contribution in [0.15, 0.2) is 30.3 Å². The second kappa shape index (κ2) is 6.02. The summed E-state index contributed by atoms with van der Waals surface area (Å²) in [5, 5.41) is 0. The van der Waals surface area contributed by atoms with E-state index >= 15 is 0 Å². The van der Waals surface area contributed by atoms with Gasteiger partial charge in [-0.25, -0.2) is 0 Å². The monoisotopic (exact) mass is 422 g/mol. The average Bonchev–Trinajstić information content (AvgIpc) is 2.51. The molecule has 3 nitrogen and oxygen atoms in total. The number of hydrogen-bond donors (Lipinski definition) is 0. The number of benzene rings is 1.